The van der Waals surface area contributed by atoms with E-state index < -0.39 is 5.97 Å². The average Bonchev–Trinajstić information content (AvgIpc) is 2.79. The van der Waals surface area contributed by atoms with Crippen molar-refractivity contribution in [3.63, 3.8) is 0 Å². The molecule has 0 aliphatic carbocycles. The molecule has 0 bridgehead atoms. The molecule has 0 atom stereocenters. The number of benzene rings is 1. The lowest BCUT2D eigenvalue weighted by Crippen LogP contribution is -1.96. The number of aryl methyl sites for hydroxylation is 2. The maximum atomic E-state index is 10.5. The Labute approximate surface area is 115 Å². The number of aliphatic carboxylic acids is 1. The van der Waals surface area contributed by atoms with E-state index in [9.17, 15) is 4.79 Å². The SMILES string of the molecule is Cc1cc(Oc2ccc(CCC(=O)O)o2)ccc1Cl. The lowest BCUT2D eigenvalue weighted by molar-refractivity contribution is -0.137. The number of furan rings is 1. The Balaban J connectivity index is 2.02. The molecule has 1 aromatic heterocycles. The van der Waals surface area contributed by atoms with Crippen molar-refractivity contribution in [3.05, 3.63) is 46.7 Å². The van der Waals surface area contributed by atoms with Crippen molar-refractivity contribution in [2.45, 2.75) is 19.8 Å². The summed E-state index contributed by atoms with van der Waals surface area (Å²) in [5, 5.41) is 9.26. The van der Waals surface area contributed by atoms with Gasteiger partial charge < -0.3 is 14.3 Å². The van der Waals surface area contributed by atoms with Gasteiger partial charge in [-0.3, -0.25) is 4.79 Å². The third-order valence-corrected chi connectivity index (χ3v) is 2.99. The van der Waals surface area contributed by atoms with E-state index in [0.717, 1.165) is 5.56 Å². The molecule has 19 heavy (non-hydrogen) atoms. The summed E-state index contributed by atoms with van der Waals surface area (Å²) in [5.74, 6) is 0.693. The number of hydrogen-bond donors (Lipinski definition) is 1. The standard InChI is InChI=1S/C14H13ClO4/c1-9-8-11(2-5-12(9)15)19-14-7-4-10(18-14)3-6-13(16)17/h2,4-5,7-8H,3,6H2,1H3,(H,16,17). The molecule has 0 saturated carbocycles. The van der Waals surface area contributed by atoms with Crippen LogP contribution in [0.15, 0.2) is 34.7 Å². The van der Waals surface area contributed by atoms with E-state index >= 15 is 0 Å². The largest absolute Gasteiger partial charge is 0.481 e. The summed E-state index contributed by atoms with van der Waals surface area (Å²) in [6.07, 6.45) is 0.380. The van der Waals surface area contributed by atoms with Crippen molar-refractivity contribution in [1.82, 2.24) is 0 Å². The van der Waals surface area contributed by atoms with Gasteiger partial charge in [0.1, 0.15) is 11.5 Å². The smallest absolute Gasteiger partial charge is 0.303 e. The first kappa shape index (κ1) is 13.5. The van der Waals surface area contributed by atoms with Gasteiger partial charge in [0, 0.05) is 17.5 Å². The zero-order valence-corrected chi connectivity index (χ0v) is 11.1. The molecule has 1 N–H and O–H groups in total. The van der Waals surface area contributed by atoms with Gasteiger partial charge in [0.15, 0.2) is 0 Å². The zero-order valence-electron chi connectivity index (χ0n) is 10.4. The summed E-state index contributed by atoms with van der Waals surface area (Å²) in [5.41, 5.74) is 0.914. The van der Waals surface area contributed by atoms with Crippen molar-refractivity contribution in [3.8, 4) is 11.7 Å². The van der Waals surface area contributed by atoms with Gasteiger partial charge in [-0.2, -0.15) is 0 Å². The third kappa shape index (κ3) is 3.76. The van der Waals surface area contributed by atoms with Crippen molar-refractivity contribution in [2.75, 3.05) is 0 Å². The molecular formula is C14H13ClO4. The second-order valence-corrected chi connectivity index (χ2v) is 4.53. The number of halogens is 1. The van der Waals surface area contributed by atoms with Crippen LogP contribution < -0.4 is 4.74 Å². The van der Waals surface area contributed by atoms with Crippen LogP contribution in [0, 0.1) is 6.92 Å². The maximum Gasteiger partial charge on any atom is 0.303 e. The summed E-state index contributed by atoms with van der Waals surface area (Å²) in [6.45, 7) is 1.88. The first-order valence-corrected chi connectivity index (χ1v) is 6.17. The van der Waals surface area contributed by atoms with Crippen molar-refractivity contribution < 1.29 is 19.1 Å². The van der Waals surface area contributed by atoms with Gasteiger partial charge >= 0.3 is 5.97 Å². The van der Waals surface area contributed by atoms with Crippen molar-refractivity contribution in [2.24, 2.45) is 0 Å². The van der Waals surface area contributed by atoms with E-state index in [2.05, 4.69) is 0 Å². The number of carboxylic acid groups (broad SMARTS) is 1. The summed E-state index contributed by atoms with van der Waals surface area (Å²) in [4.78, 5) is 10.5. The van der Waals surface area contributed by atoms with E-state index in [1.54, 1.807) is 24.3 Å². The summed E-state index contributed by atoms with van der Waals surface area (Å²) in [6, 6.07) is 8.68. The van der Waals surface area contributed by atoms with Crippen LogP contribution >= 0.6 is 11.6 Å². The van der Waals surface area contributed by atoms with Gasteiger partial charge in [0.2, 0.25) is 0 Å². The van der Waals surface area contributed by atoms with Gasteiger partial charge in [0.25, 0.3) is 5.95 Å². The summed E-state index contributed by atoms with van der Waals surface area (Å²) >= 11 is 5.92. The number of hydrogen-bond acceptors (Lipinski definition) is 3. The molecule has 5 heteroatoms. The lowest BCUT2D eigenvalue weighted by atomic mass is 10.2. The normalized spacial score (nSPS) is 10.4. The van der Waals surface area contributed by atoms with E-state index in [4.69, 9.17) is 25.9 Å². The minimum absolute atomic E-state index is 0.0347. The lowest BCUT2D eigenvalue weighted by Gasteiger charge is -2.04. The number of carboxylic acids is 1. The number of rotatable bonds is 5. The molecular weight excluding hydrogens is 268 g/mol. The molecule has 0 saturated heterocycles. The Kier molecular flexibility index (Phi) is 4.12. The molecule has 0 spiro atoms. The fourth-order valence-corrected chi connectivity index (χ4v) is 1.69. The Morgan fingerprint density at radius 2 is 2.16 bits per heavy atom. The first-order valence-electron chi connectivity index (χ1n) is 5.79. The summed E-state index contributed by atoms with van der Waals surface area (Å²) in [7, 11) is 0. The highest BCUT2D eigenvalue weighted by atomic mass is 35.5. The van der Waals surface area contributed by atoms with Gasteiger partial charge in [-0.15, -0.1) is 0 Å². The van der Waals surface area contributed by atoms with E-state index in [0.29, 0.717) is 28.9 Å². The first-order chi connectivity index (χ1) is 9.04. The molecule has 0 aliphatic heterocycles. The topological polar surface area (TPSA) is 59.7 Å². The van der Waals surface area contributed by atoms with Crippen LogP contribution in [0.2, 0.25) is 5.02 Å². The Bertz CT molecular complexity index is 589. The van der Waals surface area contributed by atoms with E-state index in [1.165, 1.54) is 0 Å². The van der Waals surface area contributed by atoms with Crippen LogP contribution in [0.5, 0.6) is 11.7 Å². The van der Waals surface area contributed by atoms with Crippen LogP contribution in [0.1, 0.15) is 17.7 Å². The molecule has 2 aromatic rings. The minimum Gasteiger partial charge on any atom is -0.481 e. The molecule has 1 heterocycles. The quantitative estimate of drug-likeness (QED) is 0.897. The molecule has 0 radical (unpaired) electrons. The van der Waals surface area contributed by atoms with Gasteiger partial charge in [-0.1, -0.05) is 11.6 Å². The zero-order chi connectivity index (χ0) is 13.8. The molecule has 100 valence electrons. The summed E-state index contributed by atoms with van der Waals surface area (Å²) < 4.78 is 10.9. The highest BCUT2D eigenvalue weighted by molar-refractivity contribution is 6.31. The minimum atomic E-state index is -0.854. The molecule has 4 nitrogen and oxygen atoms in total. The Morgan fingerprint density at radius 3 is 2.84 bits per heavy atom. The van der Waals surface area contributed by atoms with Crippen LogP contribution in [0.25, 0.3) is 0 Å². The molecule has 2 rings (SSSR count). The Hall–Kier alpha value is -1.94. The van der Waals surface area contributed by atoms with E-state index in [1.807, 2.05) is 13.0 Å². The predicted molar refractivity (Wildman–Crippen MR) is 70.9 cm³/mol. The van der Waals surface area contributed by atoms with Crippen molar-refractivity contribution in [1.29, 1.82) is 0 Å². The molecule has 1 aromatic carbocycles. The van der Waals surface area contributed by atoms with Gasteiger partial charge in [-0.05, 0) is 36.8 Å². The highest BCUT2D eigenvalue weighted by Crippen LogP contribution is 2.27. The fraction of sp³-hybridized carbons (Fsp3) is 0.214. The molecule has 0 fully saturated rings. The molecule has 0 unspecified atom stereocenters. The second-order valence-electron chi connectivity index (χ2n) is 4.13. The van der Waals surface area contributed by atoms with Crippen LogP contribution in [0.3, 0.4) is 0 Å². The number of ether oxygens (including phenoxy) is 1. The molecule has 0 aliphatic rings. The van der Waals surface area contributed by atoms with Crippen molar-refractivity contribution >= 4 is 17.6 Å². The van der Waals surface area contributed by atoms with Crippen LogP contribution in [-0.2, 0) is 11.2 Å². The number of carbonyl (C=O) groups is 1. The Morgan fingerprint density at radius 1 is 1.37 bits per heavy atom. The predicted octanol–water partition coefficient (Wildman–Crippen LogP) is 4.05. The van der Waals surface area contributed by atoms with Crippen LogP contribution in [-0.4, -0.2) is 11.1 Å². The third-order valence-electron chi connectivity index (χ3n) is 2.57. The molecule has 0 amide bonds. The van der Waals surface area contributed by atoms with Gasteiger partial charge in [0.05, 0.1) is 6.42 Å². The van der Waals surface area contributed by atoms with E-state index in [-0.39, 0.29) is 6.42 Å². The fourth-order valence-electron chi connectivity index (χ4n) is 1.57. The maximum absolute atomic E-state index is 10.5. The second kappa shape index (κ2) is 5.80. The highest BCUT2D eigenvalue weighted by Gasteiger charge is 2.07. The average molecular weight is 281 g/mol. The monoisotopic (exact) mass is 280 g/mol. The van der Waals surface area contributed by atoms with Crippen LogP contribution in [0.4, 0.5) is 0 Å². The van der Waals surface area contributed by atoms with Gasteiger partial charge in [-0.25, -0.2) is 0 Å².